The van der Waals surface area contributed by atoms with Crippen molar-refractivity contribution in [3.05, 3.63) is 34.4 Å². The van der Waals surface area contributed by atoms with E-state index in [2.05, 4.69) is 40.1 Å². The van der Waals surface area contributed by atoms with Crippen LogP contribution in [0.1, 0.15) is 72.1 Å². The zero-order valence-electron chi connectivity index (χ0n) is 18.0. The largest absolute Gasteiger partial charge is 0.332 e. The molecule has 0 N–H and O–H groups in total. The fourth-order valence-corrected chi connectivity index (χ4v) is 4.09. The van der Waals surface area contributed by atoms with Gasteiger partial charge in [-0.2, -0.15) is 5.10 Å². The van der Waals surface area contributed by atoms with Crippen molar-refractivity contribution >= 4 is 33.5 Å². The Morgan fingerprint density at radius 3 is 2.69 bits per heavy atom. The fraction of sp³-hybridized carbons (Fsp3) is 0.609. The first-order chi connectivity index (χ1) is 14.1. The molecule has 0 aromatic heterocycles. The van der Waals surface area contributed by atoms with Gasteiger partial charge in [0, 0.05) is 23.9 Å². The molecule has 3 aliphatic rings. The summed E-state index contributed by atoms with van der Waals surface area (Å²) in [5, 5.41) is 6.28. The second kappa shape index (κ2) is 12.1. The molecule has 29 heavy (non-hydrogen) atoms. The first-order valence-electron chi connectivity index (χ1n) is 11.0. The number of unbranched alkanes of at least 4 members (excludes halogenated alkanes) is 3. The van der Waals surface area contributed by atoms with E-state index in [0.29, 0.717) is 19.4 Å². The molecule has 2 aliphatic heterocycles. The lowest BCUT2D eigenvalue weighted by molar-refractivity contribution is -0.133. The Labute approximate surface area is 183 Å². The lowest BCUT2D eigenvalue weighted by atomic mass is 10.0. The second-order valence-corrected chi connectivity index (χ2v) is 8.21. The van der Waals surface area contributed by atoms with Crippen LogP contribution in [0.15, 0.2) is 39.5 Å². The molecular weight excluding hydrogens is 430 g/mol. The van der Waals surface area contributed by atoms with E-state index < -0.39 is 0 Å². The molecule has 1 fully saturated rings. The van der Waals surface area contributed by atoms with Gasteiger partial charge in [-0.1, -0.05) is 74.2 Å². The van der Waals surface area contributed by atoms with Crippen LogP contribution in [0.5, 0.6) is 0 Å². The third-order valence-electron chi connectivity index (χ3n) is 5.28. The monoisotopic (exact) mass is 463 g/mol. The predicted octanol–water partition coefficient (Wildman–Crippen LogP) is 5.34. The molecule has 2 amide bonds. The van der Waals surface area contributed by atoms with E-state index in [0.717, 1.165) is 60.8 Å². The van der Waals surface area contributed by atoms with Crippen molar-refractivity contribution in [1.82, 2.24) is 9.91 Å². The number of hydrazone groups is 1. The fourth-order valence-electron chi connectivity index (χ4n) is 3.77. The maximum Gasteiger partial charge on any atom is 0.242 e. The van der Waals surface area contributed by atoms with Gasteiger partial charge < -0.3 is 4.90 Å². The Morgan fingerprint density at radius 2 is 2.00 bits per heavy atom. The van der Waals surface area contributed by atoms with E-state index >= 15 is 0 Å². The highest BCUT2D eigenvalue weighted by Gasteiger charge is 2.39. The topological polar surface area (TPSA) is 53.0 Å². The number of hydrogen-bond acceptors (Lipinski definition) is 3. The quantitative estimate of drug-likeness (QED) is 0.478. The molecule has 5 nitrogen and oxygen atoms in total. The predicted molar refractivity (Wildman–Crippen MR) is 123 cm³/mol. The van der Waals surface area contributed by atoms with E-state index in [1.165, 1.54) is 0 Å². The van der Waals surface area contributed by atoms with Crippen molar-refractivity contribution in [2.75, 3.05) is 13.1 Å². The second-order valence-electron chi connectivity index (χ2n) is 7.30. The molecule has 0 bridgehead atoms. The molecule has 0 saturated carbocycles. The van der Waals surface area contributed by atoms with E-state index in [1.54, 1.807) is 5.01 Å². The molecule has 1 aliphatic carbocycles. The highest BCUT2D eigenvalue weighted by molar-refractivity contribution is 9.11. The molecular formula is C23H34BrN3O2. The Morgan fingerprint density at radius 1 is 1.21 bits per heavy atom. The average Bonchev–Trinajstić information content (AvgIpc) is 3.29. The normalized spacial score (nSPS) is 21.3. The van der Waals surface area contributed by atoms with Crippen LogP contribution in [0.2, 0.25) is 0 Å². The maximum absolute atomic E-state index is 12.7. The van der Waals surface area contributed by atoms with Crippen LogP contribution in [0, 0.1) is 0 Å². The zero-order valence-corrected chi connectivity index (χ0v) is 19.6. The van der Waals surface area contributed by atoms with Gasteiger partial charge >= 0.3 is 0 Å². The average molecular weight is 464 g/mol. The van der Waals surface area contributed by atoms with Gasteiger partial charge in [0.05, 0.1) is 18.3 Å². The van der Waals surface area contributed by atoms with Crippen LogP contribution in [-0.2, 0) is 9.59 Å². The number of nitrogens with zero attached hydrogens (tertiary/aromatic N) is 3. The standard InChI is InChI=1S/C21H28BrN3O2.C2H6/c1-2-3-4-5-10-20(27)25-15-18(24-14-7-11-19(24)26)21(23-25)16-8-6-9-17(22)13-12-16;1-2/h8-9,12-13,18H,2-7,10-11,14-15H2,1H3;1-2H3. The van der Waals surface area contributed by atoms with E-state index in [4.69, 9.17) is 0 Å². The van der Waals surface area contributed by atoms with E-state index in [9.17, 15) is 9.59 Å². The van der Waals surface area contributed by atoms with Crippen LogP contribution < -0.4 is 0 Å². The zero-order chi connectivity index (χ0) is 21.2. The van der Waals surface area contributed by atoms with E-state index in [1.807, 2.05) is 30.9 Å². The molecule has 0 radical (unpaired) electrons. The summed E-state index contributed by atoms with van der Waals surface area (Å²) in [6.45, 7) is 7.39. The molecule has 1 saturated heterocycles. The van der Waals surface area contributed by atoms with Crippen molar-refractivity contribution in [2.24, 2.45) is 5.10 Å². The molecule has 6 heteroatoms. The highest BCUT2D eigenvalue weighted by Crippen LogP contribution is 2.26. The van der Waals surface area contributed by atoms with Crippen molar-refractivity contribution in [3.63, 3.8) is 0 Å². The summed E-state index contributed by atoms with van der Waals surface area (Å²) in [5.74, 6) is 0.234. The van der Waals surface area contributed by atoms with Gasteiger partial charge in [-0.15, -0.1) is 0 Å². The third kappa shape index (κ3) is 6.39. The summed E-state index contributed by atoms with van der Waals surface area (Å²) in [7, 11) is 0. The molecule has 0 aromatic carbocycles. The maximum atomic E-state index is 12.7. The first-order valence-corrected chi connectivity index (χ1v) is 11.8. The van der Waals surface area contributed by atoms with Crippen LogP contribution in [0.3, 0.4) is 0 Å². The molecule has 1 atom stereocenters. The number of amides is 2. The van der Waals surface area contributed by atoms with Gasteiger partial charge in [-0.3, -0.25) is 9.59 Å². The number of hydrogen-bond donors (Lipinski definition) is 0. The molecule has 2 heterocycles. The molecule has 0 spiro atoms. The van der Waals surface area contributed by atoms with Gasteiger partial charge in [0.25, 0.3) is 0 Å². The Balaban J connectivity index is 0.00000145. The smallest absolute Gasteiger partial charge is 0.242 e. The van der Waals surface area contributed by atoms with Gasteiger partial charge in [-0.25, -0.2) is 5.01 Å². The van der Waals surface area contributed by atoms with Crippen molar-refractivity contribution in [1.29, 1.82) is 0 Å². The molecule has 1 unspecified atom stereocenters. The highest BCUT2D eigenvalue weighted by atomic mass is 79.9. The summed E-state index contributed by atoms with van der Waals surface area (Å²) in [4.78, 5) is 26.9. The van der Waals surface area contributed by atoms with Gasteiger partial charge in [0.15, 0.2) is 0 Å². The van der Waals surface area contributed by atoms with Crippen LogP contribution in [-0.4, -0.2) is 46.6 Å². The SMILES string of the molecule is CC.CCCCCCC(=O)N1CC(N2CCCC2=O)C(C2=CCC=C(Br)C=C2)=N1. The van der Waals surface area contributed by atoms with Gasteiger partial charge in [0.1, 0.15) is 0 Å². The Hall–Kier alpha value is -1.69. The number of halogens is 1. The number of carbonyl (C=O) groups excluding carboxylic acids is 2. The first kappa shape index (κ1) is 23.6. The van der Waals surface area contributed by atoms with Crippen LogP contribution in [0.25, 0.3) is 0 Å². The number of likely N-dealkylation sites (tertiary alicyclic amines) is 1. The van der Waals surface area contributed by atoms with Crippen molar-refractivity contribution in [3.8, 4) is 0 Å². The van der Waals surface area contributed by atoms with Gasteiger partial charge in [0.2, 0.25) is 11.8 Å². The minimum atomic E-state index is -0.132. The number of rotatable bonds is 7. The summed E-state index contributed by atoms with van der Waals surface area (Å²) in [5.41, 5.74) is 1.85. The number of carbonyl (C=O) groups is 2. The summed E-state index contributed by atoms with van der Waals surface area (Å²) in [6.07, 6.45) is 15.3. The summed E-state index contributed by atoms with van der Waals surface area (Å²) in [6, 6.07) is -0.132. The minimum Gasteiger partial charge on any atom is -0.332 e. The lowest BCUT2D eigenvalue weighted by Crippen LogP contribution is -2.44. The van der Waals surface area contributed by atoms with Crippen molar-refractivity contribution < 1.29 is 9.59 Å². The molecule has 0 aromatic rings. The van der Waals surface area contributed by atoms with Gasteiger partial charge in [-0.05, 0) is 30.9 Å². The van der Waals surface area contributed by atoms with Crippen LogP contribution >= 0.6 is 15.9 Å². The number of allylic oxidation sites excluding steroid dienone is 5. The minimum absolute atomic E-state index is 0.0651. The van der Waals surface area contributed by atoms with E-state index in [-0.39, 0.29) is 17.9 Å². The third-order valence-corrected chi connectivity index (χ3v) is 5.86. The molecule has 3 rings (SSSR count). The lowest BCUT2D eigenvalue weighted by Gasteiger charge is -2.25. The van der Waals surface area contributed by atoms with Crippen molar-refractivity contribution in [2.45, 2.75) is 78.2 Å². The van der Waals surface area contributed by atoms with Crippen LogP contribution in [0.4, 0.5) is 0 Å². The summed E-state index contributed by atoms with van der Waals surface area (Å²) >= 11 is 3.51. The Kier molecular flexibility index (Phi) is 9.85. The molecule has 160 valence electrons. The summed E-state index contributed by atoms with van der Waals surface area (Å²) < 4.78 is 1.03. The Bertz CT molecular complexity index is 709.